The van der Waals surface area contributed by atoms with Crippen LogP contribution in [0.3, 0.4) is 0 Å². The van der Waals surface area contributed by atoms with Crippen molar-refractivity contribution in [3.8, 4) is 0 Å². The number of halogens is 4. The molecule has 0 aliphatic rings. The van der Waals surface area contributed by atoms with Crippen molar-refractivity contribution in [1.82, 2.24) is 0 Å². The Hall–Kier alpha value is -2.43. The van der Waals surface area contributed by atoms with Crippen molar-refractivity contribution < 1.29 is 22.4 Å². The number of unbranched alkanes of at least 4 members (excludes halogenated alkanes) is 3. The summed E-state index contributed by atoms with van der Waals surface area (Å²) < 4.78 is 56.7. The summed E-state index contributed by atoms with van der Waals surface area (Å²) in [7, 11) is 0. The third-order valence-electron chi connectivity index (χ3n) is 4.13. The topological polar surface area (TPSA) is 17.1 Å². The molecule has 0 heterocycles. The minimum atomic E-state index is -1.48. The molecule has 0 radical (unpaired) electrons. The number of allylic oxidation sites excluding steroid dienone is 1. The van der Waals surface area contributed by atoms with Crippen molar-refractivity contribution in [1.29, 1.82) is 0 Å². The molecule has 0 spiro atoms. The summed E-state index contributed by atoms with van der Waals surface area (Å²) in [5.74, 6) is -6.27. The molecule has 0 unspecified atom stereocenters. The van der Waals surface area contributed by atoms with Crippen molar-refractivity contribution in [2.24, 2.45) is 0 Å². The molecule has 2 aromatic carbocycles. The van der Waals surface area contributed by atoms with Gasteiger partial charge in [0.25, 0.3) is 0 Å². The molecule has 0 N–H and O–H groups in total. The summed E-state index contributed by atoms with van der Waals surface area (Å²) in [4.78, 5) is 12.0. The Kier molecular flexibility index (Phi) is 7.13. The SMILES string of the molecule is CCCCCCc1c(F)c(F)c(C=CC(=O)c2ccccc2)c(F)c1F. The Morgan fingerprint density at radius 2 is 1.50 bits per heavy atom. The van der Waals surface area contributed by atoms with Gasteiger partial charge in [-0.2, -0.15) is 0 Å². The second kappa shape index (κ2) is 9.32. The zero-order chi connectivity index (χ0) is 19.1. The molecule has 2 rings (SSSR count). The fraction of sp³-hybridized carbons (Fsp3) is 0.286. The average Bonchev–Trinajstić information content (AvgIpc) is 2.66. The molecule has 0 aliphatic heterocycles. The molecular weight excluding hydrogens is 344 g/mol. The fourth-order valence-corrected chi connectivity index (χ4v) is 2.65. The third-order valence-corrected chi connectivity index (χ3v) is 4.13. The second-order valence-corrected chi connectivity index (χ2v) is 6.02. The Bertz CT molecular complexity index is 768. The maximum atomic E-state index is 14.2. The Labute approximate surface area is 150 Å². The first kappa shape index (κ1) is 19.9. The number of benzene rings is 2. The van der Waals surface area contributed by atoms with Crippen LogP contribution in [0.15, 0.2) is 36.4 Å². The normalized spacial score (nSPS) is 11.3. The average molecular weight is 364 g/mol. The van der Waals surface area contributed by atoms with Crippen LogP contribution in [0.25, 0.3) is 6.08 Å². The van der Waals surface area contributed by atoms with Gasteiger partial charge in [0, 0.05) is 11.1 Å². The minimum absolute atomic E-state index is 0.0710. The molecule has 0 aliphatic carbocycles. The first-order valence-corrected chi connectivity index (χ1v) is 8.59. The van der Waals surface area contributed by atoms with E-state index in [-0.39, 0.29) is 6.42 Å². The molecule has 0 saturated carbocycles. The highest BCUT2D eigenvalue weighted by atomic mass is 19.2. The van der Waals surface area contributed by atoms with Gasteiger partial charge in [0.1, 0.15) is 0 Å². The van der Waals surface area contributed by atoms with Crippen LogP contribution < -0.4 is 0 Å². The van der Waals surface area contributed by atoms with Crippen LogP contribution in [0.1, 0.15) is 54.1 Å². The van der Waals surface area contributed by atoms with E-state index in [4.69, 9.17) is 0 Å². The highest BCUT2D eigenvalue weighted by Gasteiger charge is 2.23. The number of hydrogen-bond acceptors (Lipinski definition) is 1. The monoisotopic (exact) mass is 364 g/mol. The highest BCUT2D eigenvalue weighted by Crippen LogP contribution is 2.27. The summed E-state index contributed by atoms with van der Waals surface area (Å²) in [5, 5.41) is 0. The van der Waals surface area contributed by atoms with Gasteiger partial charge in [-0.1, -0.05) is 56.5 Å². The van der Waals surface area contributed by atoms with Crippen molar-refractivity contribution >= 4 is 11.9 Å². The number of hydrogen-bond donors (Lipinski definition) is 0. The van der Waals surface area contributed by atoms with E-state index in [9.17, 15) is 22.4 Å². The van der Waals surface area contributed by atoms with Crippen molar-refractivity contribution in [3.63, 3.8) is 0 Å². The molecule has 1 nitrogen and oxygen atoms in total. The molecule has 0 fully saturated rings. The van der Waals surface area contributed by atoms with Crippen LogP contribution in [0.5, 0.6) is 0 Å². The Balaban J connectivity index is 2.27. The van der Waals surface area contributed by atoms with Crippen LogP contribution in [0.4, 0.5) is 17.6 Å². The van der Waals surface area contributed by atoms with E-state index in [2.05, 4.69) is 0 Å². The van der Waals surface area contributed by atoms with E-state index >= 15 is 0 Å². The maximum absolute atomic E-state index is 14.2. The van der Waals surface area contributed by atoms with Crippen LogP contribution in [-0.2, 0) is 6.42 Å². The lowest BCUT2D eigenvalue weighted by Gasteiger charge is -2.10. The van der Waals surface area contributed by atoms with Crippen molar-refractivity contribution in [3.05, 3.63) is 76.4 Å². The standard InChI is InChI=1S/C21H20F4O/c1-2-3-4-8-11-15-18(22)20(24)16(21(25)19(15)23)12-13-17(26)14-9-6-5-7-10-14/h5-7,9-10,12-13H,2-4,8,11H2,1H3. The molecule has 0 aromatic heterocycles. The van der Waals surface area contributed by atoms with Gasteiger partial charge in [-0.05, 0) is 25.0 Å². The summed E-state index contributed by atoms with van der Waals surface area (Å²) in [5.41, 5.74) is -1.16. The van der Waals surface area contributed by atoms with E-state index in [1.807, 2.05) is 6.92 Å². The van der Waals surface area contributed by atoms with Gasteiger partial charge in [0.2, 0.25) is 0 Å². The molecule has 2 aromatic rings. The number of carbonyl (C=O) groups is 1. The van der Waals surface area contributed by atoms with Crippen LogP contribution in [0.2, 0.25) is 0 Å². The summed E-state index contributed by atoms with van der Waals surface area (Å²) in [6.45, 7) is 1.98. The maximum Gasteiger partial charge on any atom is 0.185 e. The van der Waals surface area contributed by atoms with Gasteiger partial charge in [-0.25, -0.2) is 17.6 Å². The highest BCUT2D eigenvalue weighted by molar-refractivity contribution is 6.06. The van der Waals surface area contributed by atoms with Crippen molar-refractivity contribution in [2.45, 2.75) is 39.0 Å². The van der Waals surface area contributed by atoms with Gasteiger partial charge < -0.3 is 0 Å². The smallest absolute Gasteiger partial charge is 0.185 e. The molecule has 5 heteroatoms. The molecule has 0 amide bonds. The predicted molar refractivity (Wildman–Crippen MR) is 93.9 cm³/mol. The van der Waals surface area contributed by atoms with Gasteiger partial charge in [-0.3, -0.25) is 4.79 Å². The summed E-state index contributed by atoms with van der Waals surface area (Å²) in [6, 6.07) is 8.04. The van der Waals surface area contributed by atoms with Crippen LogP contribution in [0, 0.1) is 23.3 Å². The van der Waals surface area contributed by atoms with Crippen LogP contribution >= 0.6 is 0 Å². The van der Waals surface area contributed by atoms with Gasteiger partial charge in [-0.15, -0.1) is 0 Å². The van der Waals surface area contributed by atoms with Gasteiger partial charge in [0.05, 0.1) is 5.56 Å². The van der Waals surface area contributed by atoms with E-state index in [0.29, 0.717) is 12.0 Å². The summed E-state index contributed by atoms with van der Waals surface area (Å²) >= 11 is 0. The molecular formula is C21H20F4O. The number of carbonyl (C=O) groups excluding carboxylic acids is 1. The lowest BCUT2D eigenvalue weighted by molar-refractivity contribution is 0.104. The molecule has 0 saturated heterocycles. The molecule has 0 bridgehead atoms. The number of ketones is 1. The quantitative estimate of drug-likeness (QED) is 0.178. The van der Waals surface area contributed by atoms with E-state index in [1.54, 1.807) is 18.2 Å². The molecule has 138 valence electrons. The van der Waals surface area contributed by atoms with Crippen molar-refractivity contribution in [2.75, 3.05) is 0 Å². The molecule has 26 heavy (non-hydrogen) atoms. The van der Waals surface area contributed by atoms with E-state index in [0.717, 1.165) is 31.4 Å². The first-order chi connectivity index (χ1) is 12.5. The third kappa shape index (κ3) is 4.59. The Morgan fingerprint density at radius 3 is 2.08 bits per heavy atom. The fourth-order valence-electron chi connectivity index (χ4n) is 2.65. The minimum Gasteiger partial charge on any atom is -0.289 e. The lowest BCUT2D eigenvalue weighted by Crippen LogP contribution is -2.07. The largest absolute Gasteiger partial charge is 0.289 e. The zero-order valence-electron chi connectivity index (χ0n) is 14.5. The van der Waals surface area contributed by atoms with Gasteiger partial charge >= 0.3 is 0 Å². The zero-order valence-corrected chi connectivity index (χ0v) is 14.5. The van der Waals surface area contributed by atoms with Gasteiger partial charge in [0.15, 0.2) is 29.1 Å². The predicted octanol–water partition coefficient (Wildman–Crippen LogP) is 6.26. The molecule has 0 atom stereocenters. The lowest BCUT2D eigenvalue weighted by atomic mass is 10.0. The first-order valence-electron chi connectivity index (χ1n) is 8.59. The second-order valence-electron chi connectivity index (χ2n) is 6.02. The van der Waals surface area contributed by atoms with E-state index < -0.39 is 40.2 Å². The van der Waals surface area contributed by atoms with E-state index in [1.165, 1.54) is 12.1 Å². The Morgan fingerprint density at radius 1 is 0.885 bits per heavy atom. The summed E-state index contributed by atoms with van der Waals surface area (Å²) in [6.07, 6.45) is 4.60. The van der Waals surface area contributed by atoms with Crippen LogP contribution in [-0.4, -0.2) is 5.78 Å². The number of rotatable bonds is 8.